The van der Waals surface area contributed by atoms with Gasteiger partial charge in [0.15, 0.2) is 17.2 Å². The molecule has 4 heterocycles. The number of furan rings is 1. The Balaban J connectivity index is 1.14. The molecular formula is C51H36B5N5O. The minimum atomic E-state index is 0.553. The van der Waals surface area contributed by atoms with E-state index >= 15 is 0 Å². The Hall–Kier alpha value is -7.51. The van der Waals surface area contributed by atoms with Crippen LogP contribution in [0, 0.1) is 0 Å². The highest BCUT2D eigenvalue weighted by Crippen LogP contribution is 2.41. The van der Waals surface area contributed by atoms with E-state index in [1.165, 1.54) is 43.6 Å². The van der Waals surface area contributed by atoms with Crippen LogP contribution >= 0.6 is 0 Å². The van der Waals surface area contributed by atoms with Gasteiger partial charge in [-0.25, -0.2) is 4.98 Å². The van der Waals surface area contributed by atoms with E-state index in [1.807, 2.05) is 0 Å². The predicted octanol–water partition coefficient (Wildman–Crippen LogP) is 4.26. The Morgan fingerprint density at radius 1 is 0.371 bits per heavy atom. The molecule has 11 heteroatoms. The monoisotopic (exact) mass is 789 g/mol. The number of para-hydroxylation sites is 5. The van der Waals surface area contributed by atoms with Crippen LogP contribution in [0.3, 0.4) is 0 Å². The summed E-state index contributed by atoms with van der Waals surface area (Å²) >= 11 is 0. The van der Waals surface area contributed by atoms with Gasteiger partial charge in [-0.15, -0.1) is 16.4 Å². The first-order chi connectivity index (χ1) is 30.4. The van der Waals surface area contributed by atoms with Gasteiger partial charge in [0.2, 0.25) is 5.95 Å². The van der Waals surface area contributed by atoms with Gasteiger partial charge in [-0.05, 0) is 47.5 Å². The molecular weight excluding hydrogens is 753 g/mol. The summed E-state index contributed by atoms with van der Waals surface area (Å²) < 4.78 is 11.7. The van der Waals surface area contributed by atoms with E-state index < -0.39 is 0 Å². The molecule has 0 fully saturated rings. The maximum absolute atomic E-state index is 7.20. The van der Waals surface area contributed by atoms with E-state index in [0.29, 0.717) is 17.6 Å². The molecule has 0 aliphatic rings. The van der Waals surface area contributed by atoms with Gasteiger partial charge in [0.25, 0.3) is 0 Å². The highest BCUT2D eigenvalue weighted by Gasteiger charge is 2.24. The van der Waals surface area contributed by atoms with Crippen molar-refractivity contribution in [3.05, 3.63) is 158 Å². The van der Waals surface area contributed by atoms with E-state index in [1.54, 1.807) is 0 Å². The summed E-state index contributed by atoms with van der Waals surface area (Å²) in [7, 11) is 11.0. The van der Waals surface area contributed by atoms with Crippen molar-refractivity contribution in [2.75, 3.05) is 0 Å². The van der Waals surface area contributed by atoms with Crippen LogP contribution in [-0.2, 0) is 0 Å². The van der Waals surface area contributed by atoms with E-state index in [2.05, 4.69) is 206 Å². The molecule has 0 atom stereocenters. The first-order valence-corrected chi connectivity index (χ1v) is 21.2. The SMILES string of the molecule is Bc1c(B)c(B)c(-c2nc(-c3cccc4c3oc3c(-n5c6ccccc6c6ccc(-c7ccccc7)cc65)cccc34)nc(-n3c4ccccc4c4ccccc43)n2)c(B)c1B. The molecule has 62 heavy (non-hydrogen) atoms. The molecule has 4 aromatic heterocycles. The Labute approximate surface area is 362 Å². The standard InChI is InChI=1S/C51H36B5N5O/c52-42-41(43(53)45(55)46(56)44(42)54)50-57-49(58-51(59-50)61-37-21-8-5-14-29(37)30-15-6-9-22-38(30)61)35-19-10-17-33-34-18-11-23-39(48(34)62-47(33)35)60-36-20-7-4-16-31(36)32-25-24-28(26-40(32)60)27-12-2-1-3-13-27/h1-26H,52-56H2. The lowest BCUT2D eigenvalue weighted by Gasteiger charge is -2.20. The summed E-state index contributed by atoms with van der Waals surface area (Å²) in [5.74, 6) is 1.75. The molecule has 0 aliphatic carbocycles. The molecule has 0 spiro atoms. The second-order valence-corrected chi connectivity index (χ2v) is 16.5. The molecule has 6 nitrogen and oxygen atoms in total. The van der Waals surface area contributed by atoms with Crippen LogP contribution in [0.15, 0.2) is 162 Å². The van der Waals surface area contributed by atoms with Crippen LogP contribution in [0.5, 0.6) is 0 Å². The minimum absolute atomic E-state index is 0.553. The van der Waals surface area contributed by atoms with Crippen molar-refractivity contribution < 1.29 is 4.42 Å². The van der Waals surface area contributed by atoms with Crippen molar-refractivity contribution in [1.29, 1.82) is 0 Å². The fourth-order valence-corrected chi connectivity index (χ4v) is 9.87. The van der Waals surface area contributed by atoms with Crippen molar-refractivity contribution in [2.24, 2.45) is 0 Å². The molecule has 0 radical (unpaired) electrons. The summed E-state index contributed by atoms with van der Waals surface area (Å²) in [6.45, 7) is 0. The molecule has 0 unspecified atom stereocenters. The second kappa shape index (κ2) is 13.8. The maximum atomic E-state index is 7.20. The van der Waals surface area contributed by atoms with Crippen molar-refractivity contribution >= 4 is 132 Å². The average molecular weight is 789 g/mol. The Bertz CT molecular complexity index is 3750. The zero-order valence-corrected chi connectivity index (χ0v) is 35.2. The largest absolute Gasteiger partial charge is 0.453 e. The number of rotatable bonds is 5. The topological polar surface area (TPSA) is 61.7 Å². The summed E-state index contributed by atoms with van der Waals surface area (Å²) in [5, 5.41) is 6.70. The third kappa shape index (κ3) is 5.27. The summed E-state index contributed by atoms with van der Waals surface area (Å²) in [4.78, 5) is 16.1. The van der Waals surface area contributed by atoms with Crippen LogP contribution in [0.25, 0.3) is 111 Å². The quantitative estimate of drug-likeness (QED) is 0.245. The lowest BCUT2D eigenvalue weighted by molar-refractivity contribution is 0.667. The smallest absolute Gasteiger partial charge is 0.238 e. The predicted molar refractivity (Wildman–Crippen MR) is 273 cm³/mol. The zero-order valence-electron chi connectivity index (χ0n) is 35.2. The lowest BCUT2D eigenvalue weighted by atomic mass is 9.60. The van der Waals surface area contributed by atoms with Gasteiger partial charge in [-0.3, -0.25) is 4.57 Å². The Morgan fingerprint density at radius 3 is 1.55 bits per heavy atom. The molecule has 0 saturated heterocycles. The Morgan fingerprint density at radius 2 is 0.887 bits per heavy atom. The van der Waals surface area contributed by atoms with E-state index in [0.717, 1.165) is 77.2 Å². The molecule has 8 aromatic carbocycles. The average Bonchev–Trinajstić information content (AvgIpc) is 3.98. The molecule has 12 rings (SSSR count). The second-order valence-electron chi connectivity index (χ2n) is 16.5. The van der Waals surface area contributed by atoms with Gasteiger partial charge < -0.3 is 8.98 Å². The number of aromatic nitrogens is 5. The van der Waals surface area contributed by atoms with Gasteiger partial charge in [0.1, 0.15) is 44.8 Å². The summed E-state index contributed by atoms with van der Waals surface area (Å²) in [6, 6.07) is 55.7. The van der Waals surface area contributed by atoms with Gasteiger partial charge in [-0.1, -0.05) is 132 Å². The highest BCUT2D eigenvalue weighted by molar-refractivity contribution is 6.68. The zero-order chi connectivity index (χ0) is 41.8. The molecule has 0 aliphatic heterocycles. The molecule has 0 N–H and O–H groups in total. The molecule has 0 amide bonds. The first-order valence-electron chi connectivity index (χ1n) is 21.2. The normalized spacial score (nSPS) is 11.9. The van der Waals surface area contributed by atoms with E-state index in [-0.39, 0.29) is 0 Å². The number of hydrogen-bond donors (Lipinski definition) is 0. The van der Waals surface area contributed by atoms with Crippen LogP contribution < -0.4 is 27.3 Å². The van der Waals surface area contributed by atoms with Crippen molar-refractivity contribution in [2.45, 2.75) is 0 Å². The van der Waals surface area contributed by atoms with E-state index in [9.17, 15) is 0 Å². The van der Waals surface area contributed by atoms with Crippen molar-refractivity contribution in [3.63, 3.8) is 0 Å². The van der Waals surface area contributed by atoms with Gasteiger partial charge in [0, 0.05) is 37.9 Å². The molecule has 0 saturated carbocycles. The molecule has 12 aromatic rings. The molecule has 0 bridgehead atoms. The van der Waals surface area contributed by atoms with Crippen LogP contribution in [0.2, 0.25) is 0 Å². The first kappa shape index (κ1) is 36.4. The highest BCUT2D eigenvalue weighted by atomic mass is 16.3. The number of benzene rings is 8. The van der Waals surface area contributed by atoms with Gasteiger partial charge >= 0.3 is 0 Å². The lowest BCUT2D eigenvalue weighted by Crippen LogP contribution is -2.55. The number of nitrogens with zero attached hydrogens (tertiary/aromatic N) is 5. The van der Waals surface area contributed by atoms with Crippen LogP contribution in [0.4, 0.5) is 0 Å². The summed E-state index contributed by atoms with van der Waals surface area (Å²) in [6.07, 6.45) is 0. The van der Waals surface area contributed by atoms with Crippen LogP contribution in [-0.4, -0.2) is 63.3 Å². The van der Waals surface area contributed by atoms with Gasteiger partial charge in [-0.2, -0.15) is 9.97 Å². The molecule has 286 valence electrons. The number of hydrogen-bond acceptors (Lipinski definition) is 4. The number of fused-ring (bicyclic) bond motifs is 9. The van der Waals surface area contributed by atoms with Crippen molar-refractivity contribution in [1.82, 2.24) is 24.1 Å². The maximum Gasteiger partial charge on any atom is 0.238 e. The van der Waals surface area contributed by atoms with Gasteiger partial charge in [0.05, 0.1) is 33.3 Å². The third-order valence-electron chi connectivity index (χ3n) is 13.4. The van der Waals surface area contributed by atoms with Crippen molar-refractivity contribution in [3.8, 4) is 45.5 Å². The summed E-state index contributed by atoms with van der Waals surface area (Å²) in [5.41, 5.74) is 17.1. The fraction of sp³-hybridized carbons (Fsp3) is 0. The third-order valence-corrected chi connectivity index (χ3v) is 13.4. The van der Waals surface area contributed by atoms with Crippen LogP contribution in [0.1, 0.15) is 0 Å². The van der Waals surface area contributed by atoms with E-state index in [4.69, 9.17) is 19.4 Å². The Kier molecular flexibility index (Phi) is 8.07. The fourth-order valence-electron chi connectivity index (χ4n) is 9.87. The minimum Gasteiger partial charge on any atom is -0.453 e.